The molecular formula is C14H24N4. The first-order chi connectivity index (χ1) is 8.83. The second-order valence-electron chi connectivity index (χ2n) is 4.71. The van der Waals surface area contributed by atoms with Crippen LogP contribution in [-0.2, 0) is 6.54 Å². The van der Waals surface area contributed by atoms with E-state index in [4.69, 9.17) is 0 Å². The fraction of sp³-hybridized carbons (Fsp3) is 0.643. The number of rotatable bonds is 5. The molecule has 0 bridgehead atoms. The van der Waals surface area contributed by atoms with Crippen molar-refractivity contribution in [1.82, 2.24) is 15.2 Å². The summed E-state index contributed by atoms with van der Waals surface area (Å²) >= 11 is 0. The predicted molar refractivity (Wildman–Crippen MR) is 75.9 cm³/mol. The predicted octanol–water partition coefficient (Wildman–Crippen LogP) is 1.33. The van der Waals surface area contributed by atoms with Gasteiger partial charge >= 0.3 is 0 Å². The van der Waals surface area contributed by atoms with Crippen LogP contribution in [0.2, 0.25) is 0 Å². The molecule has 2 heterocycles. The van der Waals surface area contributed by atoms with Gasteiger partial charge in [0.05, 0.1) is 5.69 Å². The van der Waals surface area contributed by atoms with Gasteiger partial charge in [-0.3, -0.25) is 4.98 Å². The van der Waals surface area contributed by atoms with Gasteiger partial charge in [-0.05, 0) is 25.2 Å². The minimum atomic E-state index is 0.860. The number of piperazine rings is 1. The van der Waals surface area contributed by atoms with Crippen LogP contribution in [0, 0.1) is 0 Å². The molecule has 1 aromatic rings. The second kappa shape index (κ2) is 6.71. The van der Waals surface area contributed by atoms with Crippen molar-refractivity contribution in [3.05, 3.63) is 24.0 Å². The van der Waals surface area contributed by atoms with Crippen LogP contribution in [0.5, 0.6) is 0 Å². The van der Waals surface area contributed by atoms with E-state index in [1.807, 2.05) is 6.20 Å². The Kier molecular flexibility index (Phi) is 4.96. The lowest BCUT2D eigenvalue weighted by molar-refractivity contribution is 0.271. The highest BCUT2D eigenvalue weighted by Crippen LogP contribution is 2.16. The molecule has 4 heteroatoms. The van der Waals surface area contributed by atoms with E-state index in [2.05, 4.69) is 46.1 Å². The van der Waals surface area contributed by atoms with Gasteiger partial charge in [0, 0.05) is 44.6 Å². The molecule has 4 nitrogen and oxygen atoms in total. The number of anilines is 1. The summed E-state index contributed by atoms with van der Waals surface area (Å²) in [6, 6.07) is 4.33. The lowest BCUT2D eigenvalue weighted by Crippen LogP contribution is -2.46. The lowest BCUT2D eigenvalue weighted by Gasteiger charge is -2.35. The van der Waals surface area contributed by atoms with Crippen molar-refractivity contribution in [2.24, 2.45) is 0 Å². The molecule has 100 valence electrons. The average molecular weight is 248 g/mol. The minimum Gasteiger partial charge on any atom is -0.369 e. The standard InChI is InChI=1S/C14H24N4/c1-3-15-12-13-11-14(5-6-16-13)18-9-7-17(4-2)8-10-18/h5-6,11,15H,3-4,7-10,12H2,1-2H3. The fourth-order valence-corrected chi connectivity index (χ4v) is 2.33. The van der Waals surface area contributed by atoms with Crippen molar-refractivity contribution in [2.45, 2.75) is 20.4 Å². The maximum absolute atomic E-state index is 4.40. The average Bonchev–Trinajstić information content (AvgIpc) is 2.45. The van der Waals surface area contributed by atoms with Crippen molar-refractivity contribution < 1.29 is 0 Å². The van der Waals surface area contributed by atoms with Crippen LogP contribution in [0.4, 0.5) is 5.69 Å². The number of likely N-dealkylation sites (N-methyl/N-ethyl adjacent to an activating group) is 1. The minimum absolute atomic E-state index is 0.860. The topological polar surface area (TPSA) is 31.4 Å². The quantitative estimate of drug-likeness (QED) is 0.852. The van der Waals surface area contributed by atoms with Crippen molar-refractivity contribution in [1.29, 1.82) is 0 Å². The molecule has 0 atom stereocenters. The van der Waals surface area contributed by atoms with Gasteiger partial charge in [0.25, 0.3) is 0 Å². The van der Waals surface area contributed by atoms with Crippen LogP contribution >= 0.6 is 0 Å². The van der Waals surface area contributed by atoms with Crippen LogP contribution in [-0.4, -0.2) is 49.2 Å². The number of hydrogen-bond acceptors (Lipinski definition) is 4. The molecule has 0 aliphatic carbocycles. The highest BCUT2D eigenvalue weighted by atomic mass is 15.3. The van der Waals surface area contributed by atoms with Crippen LogP contribution in [0.3, 0.4) is 0 Å². The lowest BCUT2D eigenvalue weighted by atomic mass is 10.2. The molecule has 1 saturated heterocycles. The van der Waals surface area contributed by atoms with E-state index in [-0.39, 0.29) is 0 Å². The van der Waals surface area contributed by atoms with E-state index in [0.29, 0.717) is 0 Å². The first-order valence-electron chi connectivity index (χ1n) is 6.96. The first kappa shape index (κ1) is 13.3. The van der Waals surface area contributed by atoms with Gasteiger partial charge in [0.15, 0.2) is 0 Å². The smallest absolute Gasteiger partial charge is 0.0562 e. The van der Waals surface area contributed by atoms with Crippen molar-refractivity contribution >= 4 is 5.69 Å². The van der Waals surface area contributed by atoms with Crippen molar-refractivity contribution in [3.63, 3.8) is 0 Å². The molecule has 0 unspecified atom stereocenters. The van der Waals surface area contributed by atoms with E-state index in [1.54, 1.807) is 0 Å². The van der Waals surface area contributed by atoms with Gasteiger partial charge in [-0.1, -0.05) is 13.8 Å². The Balaban J connectivity index is 1.96. The molecule has 0 saturated carbocycles. The molecule has 0 spiro atoms. The van der Waals surface area contributed by atoms with Crippen molar-refractivity contribution in [3.8, 4) is 0 Å². The maximum Gasteiger partial charge on any atom is 0.0562 e. The highest BCUT2D eigenvalue weighted by molar-refractivity contribution is 5.47. The Labute approximate surface area is 110 Å². The molecule has 18 heavy (non-hydrogen) atoms. The van der Waals surface area contributed by atoms with E-state index < -0.39 is 0 Å². The van der Waals surface area contributed by atoms with E-state index in [0.717, 1.165) is 38.4 Å². The van der Waals surface area contributed by atoms with Gasteiger partial charge in [0.1, 0.15) is 0 Å². The number of nitrogens with one attached hydrogen (secondary N) is 1. The molecule has 2 rings (SSSR count). The monoisotopic (exact) mass is 248 g/mol. The highest BCUT2D eigenvalue weighted by Gasteiger charge is 2.15. The Hall–Kier alpha value is -1.13. The Bertz CT molecular complexity index is 359. The van der Waals surface area contributed by atoms with Crippen molar-refractivity contribution in [2.75, 3.05) is 44.2 Å². The number of pyridine rings is 1. The SMILES string of the molecule is CCNCc1cc(N2CCN(CC)CC2)ccn1. The summed E-state index contributed by atoms with van der Waals surface area (Å²) in [5, 5.41) is 3.32. The molecule has 1 aliphatic heterocycles. The van der Waals surface area contributed by atoms with E-state index in [1.165, 1.54) is 18.8 Å². The van der Waals surface area contributed by atoms with Gasteiger partial charge in [0.2, 0.25) is 0 Å². The summed E-state index contributed by atoms with van der Waals surface area (Å²) in [6.07, 6.45) is 1.92. The molecule has 1 fully saturated rings. The van der Waals surface area contributed by atoms with Crippen LogP contribution in [0.15, 0.2) is 18.3 Å². The molecule has 1 aliphatic rings. The fourth-order valence-electron chi connectivity index (χ4n) is 2.33. The zero-order valence-electron chi connectivity index (χ0n) is 11.5. The number of hydrogen-bond donors (Lipinski definition) is 1. The normalized spacial score (nSPS) is 17.1. The molecular weight excluding hydrogens is 224 g/mol. The maximum atomic E-state index is 4.40. The summed E-state index contributed by atoms with van der Waals surface area (Å²) in [5.74, 6) is 0. The largest absolute Gasteiger partial charge is 0.369 e. The zero-order chi connectivity index (χ0) is 12.8. The number of aromatic nitrogens is 1. The van der Waals surface area contributed by atoms with Gasteiger partial charge in [-0.2, -0.15) is 0 Å². The second-order valence-corrected chi connectivity index (χ2v) is 4.71. The first-order valence-corrected chi connectivity index (χ1v) is 6.96. The van der Waals surface area contributed by atoms with Crippen LogP contribution < -0.4 is 10.2 Å². The summed E-state index contributed by atoms with van der Waals surface area (Å²) < 4.78 is 0. The molecule has 0 aromatic carbocycles. The third-order valence-electron chi connectivity index (χ3n) is 3.54. The summed E-state index contributed by atoms with van der Waals surface area (Å²) in [6.45, 7) is 11.9. The molecule has 0 radical (unpaired) electrons. The number of nitrogens with zero attached hydrogens (tertiary/aromatic N) is 3. The Morgan fingerprint density at radius 3 is 2.67 bits per heavy atom. The van der Waals surface area contributed by atoms with Gasteiger partial charge < -0.3 is 15.1 Å². The van der Waals surface area contributed by atoms with Gasteiger partial charge in [-0.15, -0.1) is 0 Å². The third kappa shape index (κ3) is 3.43. The van der Waals surface area contributed by atoms with E-state index in [9.17, 15) is 0 Å². The van der Waals surface area contributed by atoms with Crippen LogP contribution in [0.25, 0.3) is 0 Å². The molecule has 0 amide bonds. The third-order valence-corrected chi connectivity index (χ3v) is 3.54. The summed E-state index contributed by atoms with van der Waals surface area (Å²) in [5.41, 5.74) is 2.45. The Morgan fingerprint density at radius 1 is 1.22 bits per heavy atom. The van der Waals surface area contributed by atoms with Crippen LogP contribution in [0.1, 0.15) is 19.5 Å². The molecule has 1 aromatic heterocycles. The zero-order valence-corrected chi connectivity index (χ0v) is 11.5. The Morgan fingerprint density at radius 2 is 2.00 bits per heavy atom. The summed E-state index contributed by atoms with van der Waals surface area (Å²) in [4.78, 5) is 9.36. The molecule has 1 N–H and O–H groups in total. The summed E-state index contributed by atoms with van der Waals surface area (Å²) in [7, 11) is 0. The van der Waals surface area contributed by atoms with E-state index >= 15 is 0 Å². The van der Waals surface area contributed by atoms with Gasteiger partial charge in [-0.25, -0.2) is 0 Å².